The van der Waals surface area contributed by atoms with Crippen LogP contribution in [0.2, 0.25) is 0 Å². The highest BCUT2D eigenvalue weighted by atomic mass is 32.2. The fourth-order valence-corrected chi connectivity index (χ4v) is 5.88. The van der Waals surface area contributed by atoms with Crippen molar-refractivity contribution >= 4 is 11.8 Å². The van der Waals surface area contributed by atoms with Gasteiger partial charge in [-0.2, -0.15) is 0 Å². The summed E-state index contributed by atoms with van der Waals surface area (Å²) in [5, 5.41) is 0.825. The molecule has 0 bridgehead atoms. The van der Waals surface area contributed by atoms with Gasteiger partial charge in [-0.05, 0) is 55.1 Å². The molecule has 2 unspecified atom stereocenters. The van der Waals surface area contributed by atoms with Crippen molar-refractivity contribution in [3.63, 3.8) is 0 Å². The minimum atomic E-state index is 0.454. The highest BCUT2D eigenvalue weighted by Crippen LogP contribution is 2.36. The summed E-state index contributed by atoms with van der Waals surface area (Å²) in [6, 6.07) is 20.6. The molecule has 2 atom stereocenters. The van der Waals surface area contributed by atoms with Crippen molar-refractivity contribution in [3.05, 3.63) is 65.7 Å². The van der Waals surface area contributed by atoms with Gasteiger partial charge in [0.25, 0.3) is 0 Å². The van der Waals surface area contributed by atoms with E-state index in [2.05, 4.69) is 92.0 Å². The Morgan fingerprint density at radius 1 is 0.857 bits per heavy atom. The van der Waals surface area contributed by atoms with E-state index in [0.717, 1.165) is 24.9 Å². The fraction of sp³-hybridized carbons (Fsp3) is 0.538. The summed E-state index contributed by atoms with van der Waals surface area (Å²) in [5.74, 6) is 1.04. The van der Waals surface area contributed by atoms with Crippen molar-refractivity contribution in [1.82, 2.24) is 4.90 Å². The number of benzene rings is 2. The molecular formula is C26H37NS. The van der Waals surface area contributed by atoms with Crippen LogP contribution in [0.25, 0.3) is 0 Å². The first-order chi connectivity index (χ1) is 13.7. The van der Waals surface area contributed by atoms with Crippen molar-refractivity contribution in [3.8, 4) is 0 Å². The van der Waals surface area contributed by atoms with Gasteiger partial charge in [-0.3, -0.25) is 0 Å². The molecule has 1 nitrogen and oxygen atoms in total. The Morgan fingerprint density at radius 2 is 1.46 bits per heavy atom. The standard InChI is InChI=1S/C26H37NS/c1-4-27(5-2)20-21(3)26(22-12-8-6-9-13-22)23-16-18-25(19-17-23)28-24-14-10-7-11-15-24/h6,8-9,12-13,16-19,21,24,26H,4-5,7,10-11,14-15,20H2,1-3H3. The first kappa shape index (κ1) is 21.5. The summed E-state index contributed by atoms with van der Waals surface area (Å²) in [5.41, 5.74) is 2.90. The summed E-state index contributed by atoms with van der Waals surface area (Å²) >= 11 is 2.10. The largest absolute Gasteiger partial charge is 0.304 e. The molecule has 3 rings (SSSR count). The van der Waals surface area contributed by atoms with Crippen molar-refractivity contribution in [2.45, 2.75) is 68.9 Å². The summed E-state index contributed by atoms with van der Waals surface area (Å²) < 4.78 is 0. The molecule has 2 aromatic rings. The van der Waals surface area contributed by atoms with Crippen molar-refractivity contribution in [2.24, 2.45) is 5.92 Å². The zero-order valence-electron chi connectivity index (χ0n) is 17.9. The van der Waals surface area contributed by atoms with E-state index >= 15 is 0 Å². The van der Waals surface area contributed by atoms with Crippen LogP contribution in [0.3, 0.4) is 0 Å². The molecule has 0 saturated heterocycles. The summed E-state index contributed by atoms with van der Waals surface area (Å²) in [7, 11) is 0. The molecule has 152 valence electrons. The Labute approximate surface area is 176 Å². The molecular weight excluding hydrogens is 358 g/mol. The van der Waals surface area contributed by atoms with Crippen LogP contribution in [0, 0.1) is 5.92 Å². The molecule has 0 amide bonds. The fourth-order valence-electron chi connectivity index (χ4n) is 4.63. The predicted octanol–water partition coefficient (Wildman–Crippen LogP) is 7.22. The summed E-state index contributed by atoms with van der Waals surface area (Å²) in [4.78, 5) is 3.99. The van der Waals surface area contributed by atoms with E-state index in [-0.39, 0.29) is 0 Å². The van der Waals surface area contributed by atoms with Crippen LogP contribution in [-0.2, 0) is 0 Å². The van der Waals surface area contributed by atoms with Gasteiger partial charge < -0.3 is 4.90 Å². The van der Waals surface area contributed by atoms with Gasteiger partial charge in [0, 0.05) is 22.6 Å². The molecule has 1 aliphatic rings. The maximum absolute atomic E-state index is 2.55. The van der Waals surface area contributed by atoms with Gasteiger partial charge in [-0.15, -0.1) is 11.8 Å². The second-order valence-corrected chi connectivity index (χ2v) is 9.67. The first-order valence-electron chi connectivity index (χ1n) is 11.2. The second kappa shape index (κ2) is 11.1. The summed E-state index contributed by atoms with van der Waals surface area (Å²) in [6.07, 6.45) is 7.03. The zero-order chi connectivity index (χ0) is 19.8. The minimum absolute atomic E-state index is 0.454. The third-order valence-electron chi connectivity index (χ3n) is 6.26. The van der Waals surface area contributed by atoms with Crippen LogP contribution in [0.15, 0.2) is 59.5 Å². The molecule has 0 aliphatic heterocycles. The molecule has 0 spiro atoms. The molecule has 1 fully saturated rings. The Morgan fingerprint density at radius 3 is 2.07 bits per heavy atom. The maximum Gasteiger partial charge on any atom is 0.0127 e. The maximum atomic E-state index is 2.55. The van der Waals surface area contributed by atoms with Crippen LogP contribution < -0.4 is 0 Å². The van der Waals surface area contributed by atoms with Crippen LogP contribution >= 0.6 is 11.8 Å². The lowest BCUT2D eigenvalue weighted by Crippen LogP contribution is -2.31. The van der Waals surface area contributed by atoms with E-state index in [4.69, 9.17) is 0 Å². The first-order valence-corrected chi connectivity index (χ1v) is 12.1. The topological polar surface area (TPSA) is 3.24 Å². The number of rotatable bonds is 9. The smallest absolute Gasteiger partial charge is 0.0127 e. The minimum Gasteiger partial charge on any atom is -0.304 e. The zero-order valence-corrected chi connectivity index (χ0v) is 18.8. The van der Waals surface area contributed by atoms with Gasteiger partial charge in [0.1, 0.15) is 0 Å². The quantitative estimate of drug-likeness (QED) is 0.441. The molecule has 0 N–H and O–H groups in total. The van der Waals surface area contributed by atoms with Crippen molar-refractivity contribution < 1.29 is 0 Å². The molecule has 0 heterocycles. The van der Waals surface area contributed by atoms with Crippen molar-refractivity contribution in [2.75, 3.05) is 19.6 Å². The molecule has 28 heavy (non-hydrogen) atoms. The van der Waals surface area contributed by atoms with E-state index in [1.54, 1.807) is 0 Å². The Hall–Kier alpha value is -1.25. The lowest BCUT2D eigenvalue weighted by atomic mass is 9.81. The van der Waals surface area contributed by atoms with Gasteiger partial charge in [0.05, 0.1) is 0 Å². The number of hydrogen-bond acceptors (Lipinski definition) is 2. The van der Waals surface area contributed by atoms with Gasteiger partial charge >= 0.3 is 0 Å². The van der Waals surface area contributed by atoms with Crippen molar-refractivity contribution in [1.29, 1.82) is 0 Å². The SMILES string of the molecule is CCN(CC)CC(C)C(c1ccccc1)c1ccc(SC2CCCCC2)cc1. The molecule has 0 aromatic heterocycles. The van der Waals surface area contributed by atoms with E-state index in [0.29, 0.717) is 11.8 Å². The molecule has 2 aromatic carbocycles. The second-order valence-electron chi connectivity index (χ2n) is 8.30. The molecule has 1 aliphatic carbocycles. The van der Waals surface area contributed by atoms with E-state index in [1.807, 2.05) is 0 Å². The van der Waals surface area contributed by atoms with Crippen LogP contribution in [-0.4, -0.2) is 29.8 Å². The predicted molar refractivity (Wildman–Crippen MR) is 124 cm³/mol. The highest BCUT2D eigenvalue weighted by Gasteiger charge is 2.23. The number of thioether (sulfide) groups is 1. The average Bonchev–Trinajstić information content (AvgIpc) is 2.75. The number of nitrogens with zero attached hydrogens (tertiary/aromatic N) is 1. The highest BCUT2D eigenvalue weighted by molar-refractivity contribution is 8.00. The normalized spacial score (nSPS) is 17.6. The summed E-state index contributed by atoms with van der Waals surface area (Å²) in [6.45, 7) is 10.3. The third-order valence-corrected chi connectivity index (χ3v) is 7.61. The van der Waals surface area contributed by atoms with Crippen LogP contribution in [0.1, 0.15) is 69.9 Å². The van der Waals surface area contributed by atoms with Crippen LogP contribution in [0.5, 0.6) is 0 Å². The van der Waals surface area contributed by atoms with E-state index < -0.39 is 0 Å². The Bertz CT molecular complexity index is 671. The molecule has 2 heteroatoms. The monoisotopic (exact) mass is 395 g/mol. The lowest BCUT2D eigenvalue weighted by Gasteiger charge is -2.30. The third kappa shape index (κ3) is 5.87. The van der Waals surface area contributed by atoms with E-state index in [9.17, 15) is 0 Å². The van der Waals surface area contributed by atoms with Gasteiger partial charge in [-0.1, -0.05) is 82.5 Å². The Kier molecular flexibility index (Phi) is 8.48. The Balaban J connectivity index is 1.77. The van der Waals surface area contributed by atoms with E-state index in [1.165, 1.54) is 48.1 Å². The van der Waals surface area contributed by atoms with Crippen LogP contribution in [0.4, 0.5) is 0 Å². The molecule has 0 radical (unpaired) electrons. The van der Waals surface area contributed by atoms with Gasteiger partial charge in [0.15, 0.2) is 0 Å². The number of hydrogen-bond donors (Lipinski definition) is 0. The lowest BCUT2D eigenvalue weighted by molar-refractivity contribution is 0.250. The van der Waals surface area contributed by atoms with Gasteiger partial charge in [0.2, 0.25) is 0 Å². The van der Waals surface area contributed by atoms with Gasteiger partial charge in [-0.25, -0.2) is 0 Å². The molecule has 1 saturated carbocycles. The average molecular weight is 396 g/mol.